The zero-order valence-corrected chi connectivity index (χ0v) is 12.7. The van der Waals surface area contributed by atoms with Crippen molar-refractivity contribution in [2.75, 3.05) is 6.54 Å². The Kier molecular flexibility index (Phi) is 6.05. The van der Waals surface area contributed by atoms with Crippen molar-refractivity contribution in [3.8, 4) is 0 Å². The summed E-state index contributed by atoms with van der Waals surface area (Å²) in [6.45, 7) is 2.56. The molecule has 0 radical (unpaired) electrons. The normalized spacial score (nSPS) is 18.0. The molecule has 0 aliphatic heterocycles. The molecule has 2 atom stereocenters. The maximum Gasteiger partial charge on any atom is 0.140 e. The fraction of sp³-hybridized carbons (Fsp3) is 0.538. The predicted octanol–water partition coefficient (Wildman–Crippen LogP) is 3.19. The second-order valence-electron chi connectivity index (χ2n) is 4.71. The molecule has 1 fully saturated rings. The van der Waals surface area contributed by atoms with Gasteiger partial charge >= 0.3 is 0 Å². The fourth-order valence-electron chi connectivity index (χ4n) is 2.06. The molecule has 1 aromatic rings. The Morgan fingerprint density at radius 2 is 2.17 bits per heavy atom. The van der Waals surface area contributed by atoms with E-state index in [1.807, 2.05) is 19.1 Å². The van der Waals surface area contributed by atoms with Crippen molar-refractivity contribution < 1.29 is 4.39 Å². The number of nitrogens with one attached hydrogen (secondary N) is 1. The van der Waals surface area contributed by atoms with E-state index in [-0.39, 0.29) is 30.2 Å². The molecule has 2 rings (SSSR count). The number of hydrogen-bond acceptors (Lipinski definition) is 2. The highest BCUT2D eigenvalue weighted by Crippen LogP contribution is 2.29. The topological polar surface area (TPSA) is 38.0 Å². The van der Waals surface area contributed by atoms with E-state index >= 15 is 0 Å². The molecule has 102 valence electrons. The zero-order valence-electron chi connectivity index (χ0n) is 10.3. The summed E-state index contributed by atoms with van der Waals surface area (Å²) in [4.78, 5) is 0. The van der Waals surface area contributed by atoms with E-state index in [0.717, 1.165) is 5.56 Å². The van der Waals surface area contributed by atoms with E-state index in [9.17, 15) is 4.39 Å². The highest BCUT2D eigenvalue weighted by atomic mass is 79.9. The Morgan fingerprint density at radius 1 is 1.50 bits per heavy atom. The average molecular weight is 338 g/mol. The molecule has 0 heterocycles. The van der Waals surface area contributed by atoms with Crippen molar-refractivity contribution in [3.63, 3.8) is 0 Å². The van der Waals surface area contributed by atoms with Crippen LogP contribution < -0.4 is 11.1 Å². The van der Waals surface area contributed by atoms with Crippen molar-refractivity contribution in [2.45, 2.75) is 37.8 Å². The van der Waals surface area contributed by atoms with Crippen LogP contribution in [0.25, 0.3) is 0 Å². The summed E-state index contributed by atoms with van der Waals surface area (Å²) in [6, 6.07) is 6.15. The summed E-state index contributed by atoms with van der Waals surface area (Å²) >= 11 is 3.22. The smallest absolute Gasteiger partial charge is 0.140 e. The number of nitrogens with two attached hydrogens (primary N) is 1. The van der Waals surface area contributed by atoms with Gasteiger partial charge in [-0.25, -0.2) is 4.39 Å². The van der Waals surface area contributed by atoms with E-state index in [1.54, 1.807) is 6.07 Å². The van der Waals surface area contributed by atoms with Crippen LogP contribution in [0.2, 0.25) is 0 Å². The van der Waals surface area contributed by atoms with Gasteiger partial charge in [0.2, 0.25) is 0 Å². The van der Waals surface area contributed by atoms with E-state index in [4.69, 9.17) is 5.73 Å². The van der Waals surface area contributed by atoms with Crippen molar-refractivity contribution in [2.24, 2.45) is 5.73 Å². The largest absolute Gasteiger partial charge is 0.329 e. The van der Waals surface area contributed by atoms with Gasteiger partial charge < -0.3 is 11.1 Å². The van der Waals surface area contributed by atoms with Crippen molar-refractivity contribution in [1.29, 1.82) is 0 Å². The first-order valence-corrected chi connectivity index (χ1v) is 6.82. The lowest BCUT2D eigenvalue weighted by Crippen LogP contribution is -2.41. The lowest BCUT2D eigenvalue weighted by atomic mass is 9.92. The third-order valence-electron chi connectivity index (χ3n) is 3.36. The van der Waals surface area contributed by atoms with E-state index in [1.165, 1.54) is 12.8 Å². The van der Waals surface area contributed by atoms with Crippen LogP contribution in [-0.4, -0.2) is 18.6 Å². The average Bonchev–Trinajstić information content (AvgIpc) is 3.13. The zero-order chi connectivity index (χ0) is 12.4. The van der Waals surface area contributed by atoms with E-state index in [2.05, 4.69) is 21.2 Å². The Labute approximate surface area is 122 Å². The summed E-state index contributed by atoms with van der Waals surface area (Å²) in [5.74, 6) is -0.0888. The Balaban J connectivity index is 0.00000162. The minimum atomic E-state index is -0.170. The highest BCUT2D eigenvalue weighted by Gasteiger charge is 2.28. The monoisotopic (exact) mass is 336 g/mol. The third-order valence-corrected chi connectivity index (χ3v) is 3.97. The number of hydrogen-bond donors (Lipinski definition) is 2. The van der Waals surface area contributed by atoms with E-state index in [0.29, 0.717) is 17.1 Å². The van der Waals surface area contributed by atoms with Crippen LogP contribution in [0.3, 0.4) is 0 Å². The standard InChI is InChI=1S/C13H18BrFN2.ClH/c1-8(12(7-16)17-9-5-6-9)10-3-2-4-11(14)13(10)15;/h2-4,8-9,12,17H,5-7,16H2,1H3;1H. The van der Waals surface area contributed by atoms with Gasteiger partial charge in [-0.3, -0.25) is 0 Å². The molecule has 1 aliphatic rings. The quantitative estimate of drug-likeness (QED) is 0.866. The molecule has 0 saturated heterocycles. The molecule has 0 bridgehead atoms. The predicted molar refractivity (Wildman–Crippen MR) is 78.8 cm³/mol. The van der Waals surface area contributed by atoms with Gasteiger partial charge in [0.25, 0.3) is 0 Å². The Bertz CT molecular complexity index is 399. The van der Waals surface area contributed by atoms with Crippen LogP contribution in [0.4, 0.5) is 4.39 Å². The van der Waals surface area contributed by atoms with Crippen molar-refractivity contribution in [3.05, 3.63) is 34.1 Å². The third kappa shape index (κ3) is 3.67. The first-order valence-electron chi connectivity index (χ1n) is 6.03. The minimum Gasteiger partial charge on any atom is -0.329 e. The first kappa shape index (κ1) is 15.9. The molecule has 1 aliphatic carbocycles. The summed E-state index contributed by atoms with van der Waals surface area (Å²) in [5.41, 5.74) is 6.50. The molecular weight excluding hydrogens is 319 g/mol. The Morgan fingerprint density at radius 3 is 2.72 bits per heavy atom. The maximum atomic E-state index is 14.0. The van der Waals surface area contributed by atoms with Gasteiger partial charge in [0.15, 0.2) is 0 Å². The first-order chi connectivity index (χ1) is 8.13. The molecule has 2 nitrogen and oxygen atoms in total. The molecule has 2 unspecified atom stereocenters. The maximum absolute atomic E-state index is 14.0. The molecule has 0 spiro atoms. The van der Waals surface area contributed by atoms with Gasteiger partial charge in [-0.15, -0.1) is 12.4 Å². The lowest BCUT2D eigenvalue weighted by molar-refractivity contribution is 0.440. The molecule has 1 saturated carbocycles. The molecule has 0 aromatic heterocycles. The van der Waals surface area contributed by atoms with Crippen LogP contribution in [-0.2, 0) is 0 Å². The van der Waals surface area contributed by atoms with Crippen LogP contribution in [0.15, 0.2) is 22.7 Å². The fourth-order valence-corrected chi connectivity index (χ4v) is 2.44. The molecule has 3 N–H and O–H groups in total. The van der Waals surface area contributed by atoms with Gasteiger partial charge in [0, 0.05) is 24.5 Å². The van der Waals surface area contributed by atoms with Gasteiger partial charge in [-0.2, -0.15) is 0 Å². The van der Waals surface area contributed by atoms with E-state index < -0.39 is 0 Å². The summed E-state index contributed by atoms with van der Waals surface area (Å²) in [6.07, 6.45) is 2.42. The van der Waals surface area contributed by atoms with Crippen LogP contribution in [0, 0.1) is 5.82 Å². The molecule has 1 aromatic carbocycles. The number of benzene rings is 1. The second-order valence-corrected chi connectivity index (χ2v) is 5.57. The summed E-state index contributed by atoms with van der Waals surface area (Å²) in [7, 11) is 0. The molecule has 5 heteroatoms. The minimum absolute atomic E-state index is 0. The number of rotatable bonds is 5. The van der Waals surface area contributed by atoms with Gasteiger partial charge in [0.1, 0.15) is 5.82 Å². The van der Waals surface area contributed by atoms with Gasteiger partial charge in [0.05, 0.1) is 4.47 Å². The second kappa shape index (κ2) is 6.85. The number of halogens is 3. The SMILES string of the molecule is CC(c1cccc(Br)c1F)C(CN)NC1CC1.Cl. The summed E-state index contributed by atoms with van der Waals surface area (Å²) in [5, 5.41) is 3.48. The van der Waals surface area contributed by atoms with Crippen molar-refractivity contribution in [1.82, 2.24) is 5.32 Å². The van der Waals surface area contributed by atoms with Gasteiger partial charge in [-0.1, -0.05) is 19.1 Å². The molecule has 0 amide bonds. The molecule has 18 heavy (non-hydrogen) atoms. The van der Waals surface area contributed by atoms with Crippen LogP contribution in [0.5, 0.6) is 0 Å². The Hall–Kier alpha value is -0.160. The van der Waals surface area contributed by atoms with Crippen molar-refractivity contribution >= 4 is 28.3 Å². The van der Waals surface area contributed by atoms with Crippen LogP contribution in [0.1, 0.15) is 31.2 Å². The van der Waals surface area contributed by atoms with Gasteiger partial charge in [-0.05, 0) is 40.4 Å². The highest BCUT2D eigenvalue weighted by molar-refractivity contribution is 9.10. The lowest BCUT2D eigenvalue weighted by Gasteiger charge is -2.25. The summed E-state index contributed by atoms with van der Waals surface area (Å²) < 4.78 is 14.5. The van der Waals surface area contributed by atoms with Crippen LogP contribution >= 0.6 is 28.3 Å². The molecular formula is C13H19BrClFN2.